The number of carbonyl (C=O) groups excluding carboxylic acids is 1. The number of pyridine rings is 1. The van der Waals surface area contributed by atoms with Crippen LogP contribution >= 0.6 is 15.9 Å². The Morgan fingerprint density at radius 2 is 2.50 bits per heavy atom. The van der Waals surface area contributed by atoms with E-state index in [9.17, 15) is 4.79 Å². The van der Waals surface area contributed by atoms with E-state index in [1.54, 1.807) is 11.1 Å². The SMILES string of the molecule is N#CCC(=O)N1CCC[C@@H](Nc2c(Br)cnc3[nH]ccc23)C1. The van der Waals surface area contributed by atoms with Gasteiger partial charge in [-0.15, -0.1) is 0 Å². The van der Waals surface area contributed by atoms with Gasteiger partial charge < -0.3 is 15.2 Å². The van der Waals surface area contributed by atoms with Gasteiger partial charge in [0, 0.05) is 36.9 Å². The molecule has 22 heavy (non-hydrogen) atoms. The molecule has 0 bridgehead atoms. The maximum absolute atomic E-state index is 11.9. The summed E-state index contributed by atoms with van der Waals surface area (Å²) >= 11 is 3.54. The number of aromatic amines is 1. The molecule has 3 heterocycles. The molecule has 2 aromatic heterocycles. The smallest absolute Gasteiger partial charge is 0.236 e. The topological polar surface area (TPSA) is 84.8 Å². The fourth-order valence-electron chi connectivity index (χ4n) is 2.84. The Morgan fingerprint density at radius 3 is 3.32 bits per heavy atom. The lowest BCUT2D eigenvalue weighted by atomic mass is 10.0. The predicted molar refractivity (Wildman–Crippen MR) is 87.2 cm³/mol. The molecule has 1 amide bonds. The van der Waals surface area contributed by atoms with E-state index < -0.39 is 0 Å². The minimum Gasteiger partial charge on any atom is -0.379 e. The predicted octanol–water partition coefficient (Wildman–Crippen LogP) is 2.64. The first-order chi connectivity index (χ1) is 10.7. The van der Waals surface area contributed by atoms with Gasteiger partial charge in [-0.1, -0.05) is 0 Å². The van der Waals surface area contributed by atoms with Crippen LogP contribution in [0.2, 0.25) is 0 Å². The maximum atomic E-state index is 11.9. The summed E-state index contributed by atoms with van der Waals surface area (Å²) in [6.07, 6.45) is 5.51. The van der Waals surface area contributed by atoms with Crippen molar-refractivity contribution in [2.45, 2.75) is 25.3 Å². The molecule has 1 aliphatic rings. The second-order valence-electron chi connectivity index (χ2n) is 5.38. The summed E-state index contributed by atoms with van der Waals surface area (Å²) in [6.45, 7) is 1.36. The Kier molecular flexibility index (Phi) is 4.29. The molecule has 2 N–H and O–H groups in total. The highest BCUT2D eigenvalue weighted by Gasteiger charge is 2.24. The number of hydrogen-bond acceptors (Lipinski definition) is 4. The summed E-state index contributed by atoms with van der Waals surface area (Å²) in [5.41, 5.74) is 1.82. The molecule has 1 fully saturated rings. The first-order valence-corrected chi connectivity index (χ1v) is 8.01. The molecule has 0 unspecified atom stereocenters. The van der Waals surface area contributed by atoms with Gasteiger partial charge in [-0.25, -0.2) is 4.98 Å². The lowest BCUT2D eigenvalue weighted by molar-refractivity contribution is -0.131. The number of hydrogen-bond donors (Lipinski definition) is 2. The average molecular weight is 362 g/mol. The molecule has 7 heteroatoms. The molecule has 1 aliphatic heterocycles. The number of nitrogens with one attached hydrogen (secondary N) is 2. The van der Waals surface area contributed by atoms with Crippen molar-refractivity contribution < 1.29 is 4.79 Å². The van der Waals surface area contributed by atoms with Gasteiger partial charge in [-0.3, -0.25) is 4.79 Å². The summed E-state index contributed by atoms with van der Waals surface area (Å²) in [4.78, 5) is 21.1. The number of fused-ring (bicyclic) bond motifs is 1. The normalized spacial score (nSPS) is 18.2. The number of anilines is 1. The Balaban J connectivity index is 1.77. The van der Waals surface area contributed by atoms with Gasteiger partial charge in [0.15, 0.2) is 0 Å². The number of likely N-dealkylation sites (tertiary alicyclic amines) is 1. The van der Waals surface area contributed by atoms with Crippen LogP contribution in [0.25, 0.3) is 11.0 Å². The quantitative estimate of drug-likeness (QED) is 0.879. The Bertz CT molecular complexity index is 735. The number of halogens is 1. The number of amides is 1. The molecule has 0 aliphatic carbocycles. The van der Waals surface area contributed by atoms with Gasteiger partial charge in [0.1, 0.15) is 12.1 Å². The minimum absolute atomic E-state index is 0.0479. The Hall–Kier alpha value is -2.07. The molecule has 6 nitrogen and oxygen atoms in total. The van der Waals surface area contributed by atoms with Gasteiger partial charge in [0.05, 0.1) is 16.2 Å². The van der Waals surface area contributed by atoms with Crippen LogP contribution in [-0.4, -0.2) is 39.9 Å². The number of carbonyl (C=O) groups is 1. The zero-order valence-electron chi connectivity index (χ0n) is 12.0. The van der Waals surface area contributed by atoms with E-state index in [1.165, 1.54) is 0 Å². The van der Waals surface area contributed by atoms with Crippen LogP contribution in [0.1, 0.15) is 19.3 Å². The van der Waals surface area contributed by atoms with E-state index in [-0.39, 0.29) is 18.4 Å². The van der Waals surface area contributed by atoms with Crippen LogP contribution < -0.4 is 5.32 Å². The average Bonchev–Trinajstić information content (AvgIpc) is 2.99. The fourth-order valence-corrected chi connectivity index (χ4v) is 3.27. The number of nitrogens with zero attached hydrogens (tertiary/aromatic N) is 3. The third-order valence-corrected chi connectivity index (χ3v) is 4.49. The first kappa shape index (κ1) is 14.9. The summed E-state index contributed by atoms with van der Waals surface area (Å²) in [7, 11) is 0. The maximum Gasteiger partial charge on any atom is 0.236 e. The fraction of sp³-hybridized carbons (Fsp3) is 0.400. The van der Waals surface area contributed by atoms with Gasteiger partial charge >= 0.3 is 0 Å². The van der Waals surface area contributed by atoms with Gasteiger partial charge in [-0.05, 0) is 34.8 Å². The molecule has 114 valence electrons. The van der Waals surface area contributed by atoms with Crippen molar-refractivity contribution in [1.29, 1.82) is 5.26 Å². The van der Waals surface area contributed by atoms with Crippen molar-refractivity contribution in [3.63, 3.8) is 0 Å². The molecule has 1 atom stereocenters. The van der Waals surface area contributed by atoms with E-state index in [0.717, 1.165) is 40.6 Å². The van der Waals surface area contributed by atoms with Crippen LogP contribution in [-0.2, 0) is 4.79 Å². The number of piperidine rings is 1. The molecule has 2 aromatic rings. The highest BCUT2D eigenvalue weighted by Crippen LogP contribution is 2.31. The molecule has 0 spiro atoms. The monoisotopic (exact) mass is 361 g/mol. The molecular formula is C15H16BrN5O. The zero-order chi connectivity index (χ0) is 15.5. The molecule has 3 rings (SSSR count). The van der Waals surface area contributed by atoms with Crippen molar-refractivity contribution in [3.8, 4) is 6.07 Å². The Morgan fingerprint density at radius 1 is 1.64 bits per heavy atom. The van der Waals surface area contributed by atoms with E-state index in [0.29, 0.717) is 6.54 Å². The van der Waals surface area contributed by atoms with Crippen molar-refractivity contribution in [2.75, 3.05) is 18.4 Å². The van der Waals surface area contributed by atoms with Crippen LogP contribution in [0.4, 0.5) is 5.69 Å². The lowest BCUT2D eigenvalue weighted by Gasteiger charge is -2.33. The van der Waals surface area contributed by atoms with Gasteiger partial charge in [0.2, 0.25) is 5.91 Å². The van der Waals surface area contributed by atoms with Crippen LogP contribution in [0, 0.1) is 11.3 Å². The molecule has 0 radical (unpaired) electrons. The summed E-state index contributed by atoms with van der Waals surface area (Å²) < 4.78 is 0.903. The van der Waals surface area contributed by atoms with Crippen molar-refractivity contribution in [1.82, 2.24) is 14.9 Å². The van der Waals surface area contributed by atoms with Crippen molar-refractivity contribution in [3.05, 3.63) is 22.9 Å². The summed E-state index contributed by atoms with van der Waals surface area (Å²) in [5.74, 6) is -0.0883. The van der Waals surface area contributed by atoms with Crippen LogP contribution in [0.15, 0.2) is 22.9 Å². The van der Waals surface area contributed by atoms with Crippen molar-refractivity contribution in [2.24, 2.45) is 0 Å². The second kappa shape index (κ2) is 6.36. The molecular weight excluding hydrogens is 346 g/mol. The van der Waals surface area contributed by atoms with E-state index in [1.807, 2.05) is 18.3 Å². The summed E-state index contributed by atoms with van der Waals surface area (Å²) in [6, 6.07) is 4.08. The zero-order valence-corrected chi connectivity index (χ0v) is 13.6. The third kappa shape index (κ3) is 2.92. The van der Waals surface area contributed by atoms with Gasteiger partial charge in [-0.2, -0.15) is 5.26 Å². The van der Waals surface area contributed by atoms with E-state index >= 15 is 0 Å². The molecule has 0 saturated carbocycles. The molecule has 1 saturated heterocycles. The van der Waals surface area contributed by atoms with Crippen LogP contribution in [0.3, 0.4) is 0 Å². The standard InChI is InChI=1S/C15H16BrN5O/c16-12-8-19-15-11(4-6-18-15)14(12)20-10-2-1-7-21(9-10)13(22)3-5-17/h4,6,8,10H,1-3,7,9H2,(H2,18,19,20)/t10-/m1/s1. The minimum atomic E-state index is -0.0883. The Labute approximate surface area is 136 Å². The third-order valence-electron chi connectivity index (χ3n) is 3.89. The number of rotatable bonds is 3. The van der Waals surface area contributed by atoms with Gasteiger partial charge in [0.25, 0.3) is 0 Å². The molecule has 0 aromatic carbocycles. The number of H-pyrrole nitrogens is 1. The number of aromatic nitrogens is 2. The largest absolute Gasteiger partial charge is 0.379 e. The summed E-state index contributed by atoms with van der Waals surface area (Å²) in [5, 5.41) is 13.2. The van der Waals surface area contributed by atoms with Crippen LogP contribution in [0.5, 0.6) is 0 Å². The highest BCUT2D eigenvalue weighted by atomic mass is 79.9. The second-order valence-corrected chi connectivity index (χ2v) is 6.23. The van der Waals surface area contributed by atoms with E-state index in [2.05, 4.69) is 31.2 Å². The van der Waals surface area contributed by atoms with E-state index in [4.69, 9.17) is 5.26 Å². The highest BCUT2D eigenvalue weighted by molar-refractivity contribution is 9.10. The number of nitriles is 1. The lowest BCUT2D eigenvalue weighted by Crippen LogP contribution is -2.45. The first-order valence-electron chi connectivity index (χ1n) is 7.22. The van der Waals surface area contributed by atoms with Crippen molar-refractivity contribution >= 4 is 38.6 Å².